The molecule has 0 radical (unpaired) electrons. The summed E-state index contributed by atoms with van der Waals surface area (Å²) >= 11 is 0. The lowest BCUT2D eigenvalue weighted by Crippen LogP contribution is -2.43. The zero-order valence-corrected chi connectivity index (χ0v) is 24.7. The SMILES string of the molecule is Cc1ccc(NC(=O)c2ccc(C(C)(C)C)cc2)cc1-c1cn2ccnc2c(N(C(=O)C(C)(C)O)c2ccccc2)n1. The number of para-hydroxylation sites is 1. The molecule has 0 spiro atoms. The smallest absolute Gasteiger partial charge is 0.264 e. The van der Waals surface area contributed by atoms with E-state index in [0.29, 0.717) is 28.3 Å². The molecule has 3 aromatic carbocycles. The molecule has 5 rings (SSSR count). The molecule has 0 unspecified atom stereocenters. The van der Waals surface area contributed by atoms with Crippen molar-refractivity contribution in [3.8, 4) is 11.3 Å². The predicted molar refractivity (Wildman–Crippen MR) is 166 cm³/mol. The molecule has 0 bridgehead atoms. The van der Waals surface area contributed by atoms with Gasteiger partial charge in [0.2, 0.25) is 0 Å². The van der Waals surface area contributed by atoms with E-state index in [-0.39, 0.29) is 17.1 Å². The van der Waals surface area contributed by atoms with E-state index < -0.39 is 11.5 Å². The van der Waals surface area contributed by atoms with Crippen molar-refractivity contribution in [1.82, 2.24) is 14.4 Å². The third-order valence-corrected chi connectivity index (χ3v) is 7.09. The molecule has 0 aliphatic heterocycles. The summed E-state index contributed by atoms with van der Waals surface area (Å²) in [5.74, 6) is -0.475. The zero-order valence-electron chi connectivity index (χ0n) is 24.7. The fourth-order valence-corrected chi connectivity index (χ4v) is 4.68. The quantitative estimate of drug-likeness (QED) is 0.241. The van der Waals surface area contributed by atoms with Gasteiger partial charge in [0.05, 0.1) is 11.4 Å². The van der Waals surface area contributed by atoms with Crippen LogP contribution in [0.25, 0.3) is 16.9 Å². The first-order chi connectivity index (χ1) is 19.8. The number of rotatable bonds is 6. The first-order valence-electron chi connectivity index (χ1n) is 13.8. The molecule has 0 aliphatic rings. The molecular formula is C34H35N5O3. The van der Waals surface area contributed by atoms with Crippen LogP contribution in [0.5, 0.6) is 0 Å². The van der Waals surface area contributed by atoms with Crippen LogP contribution >= 0.6 is 0 Å². The average molecular weight is 562 g/mol. The number of aryl methyl sites for hydroxylation is 1. The third-order valence-electron chi connectivity index (χ3n) is 7.09. The highest BCUT2D eigenvalue weighted by atomic mass is 16.3. The number of aliphatic hydroxyl groups is 1. The van der Waals surface area contributed by atoms with Crippen LogP contribution in [0, 0.1) is 6.92 Å². The topological polar surface area (TPSA) is 99.8 Å². The molecule has 8 nitrogen and oxygen atoms in total. The molecule has 0 atom stereocenters. The number of carbonyl (C=O) groups excluding carboxylic acids is 2. The van der Waals surface area contributed by atoms with E-state index in [1.165, 1.54) is 18.7 Å². The first-order valence-corrected chi connectivity index (χ1v) is 13.8. The monoisotopic (exact) mass is 561 g/mol. The van der Waals surface area contributed by atoms with Gasteiger partial charge in [-0.1, -0.05) is 57.2 Å². The van der Waals surface area contributed by atoms with Gasteiger partial charge in [-0.05, 0) is 73.7 Å². The highest BCUT2D eigenvalue weighted by molar-refractivity contribution is 6.07. The van der Waals surface area contributed by atoms with Gasteiger partial charge in [0.1, 0.15) is 5.60 Å². The summed E-state index contributed by atoms with van der Waals surface area (Å²) in [7, 11) is 0. The Hall–Kier alpha value is -4.82. The lowest BCUT2D eigenvalue weighted by molar-refractivity contribution is -0.132. The van der Waals surface area contributed by atoms with Gasteiger partial charge in [-0.15, -0.1) is 0 Å². The second kappa shape index (κ2) is 10.9. The predicted octanol–water partition coefficient (Wildman–Crippen LogP) is 6.69. The van der Waals surface area contributed by atoms with Gasteiger partial charge < -0.3 is 14.8 Å². The Kier molecular flexibility index (Phi) is 7.43. The highest BCUT2D eigenvalue weighted by Gasteiger charge is 2.34. The fourth-order valence-electron chi connectivity index (χ4n) is 4.68. The Morgan fingerprint density at radius 1 is 0.929 bits per heavy atom. The van der Waals surface area contributed by atoms with Gasteiger partial charge >= 0.3 is 0 Å². The van der Waals surface area contributed by atoms with Crippen LogP contribution in [0.2, 0.25) is 0 Å². The summed E-state index contributed by atoms with van der Waals surface area (Å²) in [5, 5.41) is 13.7. The zero-order chi connectivity index (χ0) is 30.2. The van der Waals surface area contributed by atoms with Crippen molar-refractivity contribution in [3.63, 3.8) is 0 Å². The van der Waals surface area contributed by atoms with Crippen molar-refractivity contribution in [3.05, 3.63) is 108 Å². The van der Waals surface area contributed by atoms with Crippen molar-refractivity contribution >= 4 is 34.7 Å². The standard InChI is InChI=1S/C34H35N5O3/c1-22-12-17-25(36-31(40)23-13-15-24(16-14-23)33(2,3)4)20-27(22)28-21-38-19-18-35-29(38)30(37-28)39(32(41)34(5,6)42)26-10-8-7-9-11-26/h7-21,42H,1-6H3,(H,36,40). The number of fused-ring (bicyclic) bond motifs is 1. The molecule has 42 heavy (non-hydrogen) atoms. The third kappa shape index (κ3) is 5.80. The van der Waals surface area contributed by atoms with E-state index in [0.717, 1.165) is 16.7 Å². The molecule has 0 fully saturated rings. The second-order valence-corrected chi connectivity index (χ2v) is 12.0. The normalized spacial score (nSPS) is 11.9. The summed E-state index contributed by atoms with van der Waals surface area (Å²) in [5.41, 5.74) is 3.95. The van der Waals surface area contributed by atoms with E-state index in [4.69, 9.17) is 4.98 Å². The van der Waals surface area contributed by atoms with Gasteiger partial charge in [-0.25, -0.2) is 9.97 Å². The van der Waals surface area contributed by atoms with Crippen LogP contribution in [0.3, 0.4) is 0 Å². The molecule has 0 aliphatic carbocycles. The van der Waals surface area contributed by atoms with Gasteiger partial charge in [0, 0.05) is 35.4 Å². The number of amides is 2. The summed E-state index contributed by atoms with van der Waals surface area (Å²) in [4.78, 5) is 37.5. The maximum absolute atomic E-state index is 13.6. The highest BCUT2D eigenvalue weighted by Crippen LogP contribution is 2.34. The number of imidazole rings is 1. The lowest BCUT2D eigenvalue weighted by atomic mass is 9.87. The van der Waals surface area contributed by atoms with E-state index >= 15 is 0 Å². The van der Waals surface area contributed by atoms with Gasteiger partial charge in [0.15, 0.2) is 11.5 Å². The number of carbonyl (C=O) groups is 2. The Bertz CT molecular complexity index is 1760. The largest absolute Gasteiger partial charge is 0.381 e. The van der Waals surface area contributed by atoms with E-state index in [2.05, 4.69) is 31.1 Å². The summed E-state index contributed by atoms with van der Waals surface area (Å²) in [6, 6.07) is 22.3. The van der Waals surface area contributed by atoms with Crippen LogP contribution in [-0.2, 0) is 10.2 Å². The van der Waals surface area contributed by atoms with Crippen molar-refractivity contribution < 1.29 is 14.7 Å². The Morgan fingerprint density at radius 3 is 2.26 bits per heavy atom. The number of nitrogens with one attached hydrogen (secondary N) is 1. The molecule has 8 heteroatoms. The first kappa shape index (κ1) is 28.7. The Labute approximate surface area is 245 Å². The average Bonchev–Trinajstić information content (AvgIpc) is 3.43. The molecular weight excluding hydrogens is 526 g/mol. The minimum absolute atomic E-state index is 0.00328. The number of hydrogen-bond acceptors (Lipinski definition) is 5. The van der Waals surface area contributed by atoms with E-state index in [9.17, 15) is 14.7 Å². The molecule has 2 heterocycles. The van der Waals surface area contributed by atoms with Crippen LogP contribution < -0.4 is 10.2 Å². The second-order valence-electron chi connectivity index (χ2n) is 12.0. The Balaban J connectivity index is 1.56. The summed E-state index contributed by atoms with van der Waals surface area (Å²) in [6.45, 7) is 11.3. The van der Waals surface area contributed by atoms with Crippen molar-refractivity contribution in [2.45, 2.75) is 52.6 Å². The van der Waals surface area contributed by atoms with Crippen LogP contribution in [0.15, 0.2) is 91.4 Å². The lowest BCUT2D eigenvalue weighted by Gasteiger charge is -2.28. The minimum atomic E-state index is -1.66. The van der Waals surface area contributed by atoms with Gasteiger partial charge in [-0.2, -0.15) is 0 Å². The maximum Gasteiger partial charge on any atom is 0.264 e. The van der Waals surface area contributed by atoms with Crippen molar-refractivity contribution in [2.24, 2.45) is 0 Å². The number of benzene rings is 3. The number of aromatic nitrogens is 3. The molecule has 5 aromatic rings. The number of anilines is 3. The van der Waals surface area contributed by atoms with Crippen LogP contribution in [0.1, 0.15) is 56.1 Å². The minimum Gasteiger partial charge on any atom is -0.381 e. The van der Waals surface area contributed by atoms with E-state index in [1.54, 1.807) is 28.9 Å². The van der Waals surface area contributed by atoms with Crippen LogP contribution in [0.4, 0.5) is 17.2 Å². The van der Waals surface area contributed by atoms with Gasteiger partial charge in [0.25, 0.3) is 11.8 Å². The van der Waals surface area contributed by atoms with Crippen molar-refractivity contribution in [1.29, 1.82) is 0 Å². The molecule has 2 aromatic heterocycles. The summed E-state index contributed by atoms with van der Waals surface area (Å²) in [6.07, 6.45) is 5.25. The molecule has 0 saturated carbocycles. The number of hydrogen-bond donors (Lipinski definition) is 2. The van der Waals surface area contributed by atoms with Gasteiger partial charge in [-0.3, -0.25) is 14.5 Å². The number of nitrogens with zero attached hydrogens (tertiary/aromatic N) is 4. The molecule has 0 saturated heterocycles. The van der Waals surface area contributed by atoms with Crippen LogP contribution in [-0.4, -0.2) is 36.9 Å². The fraction of sp³-hybridized carbons (Fsp3) is 0.235. The molecule has 214 valence electrons. The summed E-state index contributed by atoms with van der Waals surface area (Å²) < 4.78 is 1.80. The Morgan fingerprint density at radius 2 is 1.62 bits per heavy atom. The van der Waals surface area contributed by atoms with E-state index in [1.807, 2.05) is 73.8 Å². The molecule has 2 N–H and O–H groups in total. The molecule has 2 amide bonds. The maximum atomic E-state index is 13.6. The van der Waals surface area contributed by atoms with Crippen molar-refractivity contribution in [2.75, 3.05) is 10.2 Å².